The lowest BCUT2D eigenvalue weighted by molar-refractivity contribution is -0.142. The zero-order valence-corrected chi connectivity index (χ0v) is 13.1. The summed E-state index contributed by atoms with van der Waals surface area (Å²) in [6.45, 7) is 1.94. The molecule has 0 N–H and O–H groups in total. The predicted octanol–water partition coefficient (Wildman–Crippen LogP) is 2.78. The van der Waals surface area contributed by atoms with Gasteiger partial charge in [-0.2, -0.15) is 0 Å². The van der Waals surface area contributed by atoms with Crippen molar-refractivity contribution in [3.8, 4) is 0 Å². The van der Waals surface area contributed by atoms with Crippen molar-refractivity contribution in [2.75, 3.05) is 12.0 Å². The van der Waals surface area contributed by atoms with Crippen LogP contribution in [0.25, 0.3) is 0 Å². The summed E-state index contributed by atoms with van der Waals surface area (Å²) in [5.41, 5.74) is 1.96. The van der Waals surface area contributed by atoms with Crippen molar-refractivity contribution in [3.05, 3.63) is 59.9 Å². The first-order valence-electron chi connectivity index (χ1n) is 7.55. The van der Waals surface area contributed by atoms with Gasteiger partial charge in [-0.25, -0.2) is 0 Å². The number of hydrogen-bond donors (Lipinski definition) is 0. The largest absolute Gasteiger partial charge is 0.469 e. The Morgan fingerprint density at radius 3 is 2.61 bits per heavy atom. The number of methoxy groups -OCH3 is 1. The van der Waals surface area contributed by atoms with E-state index in [1.54, 1.807) is 29.3 Å². The second-order valence-corrected chi connectivity index (χ2v) is 5.61. The van der Waals surface area contributed by atoms with E-state index in [1.165, 1.54) is 7.11 Å². The predicted molar refractivity (Wildman–Crippen MR) is 86.3 cm³/mol. The number of carbonyl (C=O) groups is 2. The molecule has 118 valence electrons. The Bertz CT molecular complexity index is 730. The Labute approximate surface area is 134 Å². The number of hydrogen-bond acceptors (Lipinski definition) is 4. The zero-order valence-electron chi connectivity index (χ0n) is 13.1. The first-order chi connectivity index (χ1) is 11.1. The second-order valence-electron chi connectivity index (χ2n) is 5.61. The standard InChI is InChI=1S/C18H18N2O3/c1-12-11-14(18(22)23-2)13-7-3-4-9-16(13)20(12)17(21)15-8-5-6-10-19-15/h3-10,12,14H,11H2,1-2H3. The monoisotopic (exact) mass is 310 g/mol. The Kier molecular flexibility index (Phi) is 4.10. The van der Waals surface area contributed by atoms with Gasteiger partial charge in [0.15, 0.2) is 0 Å². The summed E-state index contributed by atoms with van der Waals surface area (Å²) >= 11 is 0. The van der Waals surface area contributed by atoms with E-state index >= 15 is 0 Å². The molecule has 0 saturated heterocycles. The molecule has 3 rings (SSSR count). The van der Waals surface area contributed by atoms with E-state index in [-0.39, 0.29) is 23.8 Å². The van der Waals surface area contributed by atoms with Crippen molar-refractivity contribution in [1.82, 2.24) is 4.98 Å². The van der Waals surface area contributed by atoms with Gasteiger partial charge < -0.3 is 9.64 Å². The minimum absolute atomic E-state index is 0.122. The summed E-state index contributed by atoms with van der Waals surface area (Å²) in [5.74, 6) is -0.776. The highest BCUT2D eigenvalue weighted by atomic mass is 16.5. The van der Waals surface area contributed by atoms with E-state index in [2.05, 4.69) is 4.98 Å². The van der Waals surface area contributed by atoms with Gasteiger partial charge in [0.2, 0.25) is 0 Å². The number of esters is 1. The van der Waals surface area contributed by atoms with Crippen molar-refractivity contribution in [2.45, 2.75) is 25.3 Å². The van der Waals surface area contributed by atoms with Crippen molar-refractivity contribution in [2.24, 2.45) is 0 Å². The summed E-state index contributed by atoms with van der Waals surface area (Å²) in [6.07, 6.45) is 2.13. The molecular formula is C18H18N2O3. The number of nitrogens with zero attached hydrogens (tertiary/aromatic N) is 2. The molecule has 1 aromatic heterocycles. The number of rotatable bonds is 2. The molecule has 1 aliphatic rings. The molecule has 1 amide bonds. The minimum atomic E-state index is -0.348. The van der Waals surface area contributed by atoms with Gasteiger partial charge >= 0.3 is 5.97 Å². The number of carbonyl (C=O) groups excluding carboxylic acids is 2. The third-order valence-electron chi connectivity index (χ3n) is 4.18. The molecule has 0 radical (unpaired) electrons. The van der Waals surface area contributed by atoms with Gasteiger partial charge in [0.05, 0.1) is 13.0 Å². The van der Waals surface area contributed by atoms with Crippen molar-refractivity contribution in [1.29, 1.82) is 0 Å². The number of para-hydroxylation sites is 1. The maximum Gasteiger partial charge on any atom is 0.313 e. The van der Waals surface area contributed by atoms with Gasteiger partial charge in [-0.05, 0) is 37.1 Å². The molecule has 0 bridgehead atoms. The summed E-state index contributed by atoms with van der Waals surface area (Å²) in [7, 11) is 1.39. The van der Waals surface area contributed by atoms with Crippen LogP contribution in [0.3, 0.4) is 0 Å². The summed E-state index contributed by atoms with van der Waals surface area (Å²) in [4.78, 5) is 30.8. The lowest BCUT2D eigenvalue weighted by Gasteiger charge is -2.38. The number of anilines is 1. The number of amides is 1. The van der Waals surface area contributed by atoms with Gasteiger partial charge in [0, 0.05) is 17.9 Å². The first-order valence-corrected chi connectivity index (χ1v) is 7.55. The van der Waals surface area contributed by atoms with Crippen LogP contribution in [0.2, 0.25) is 0 Å². The molecule has 2 unspecified atom stereocenters. The maximum atomic E-state index is 12.9. The van der Waals surface area contributed by atoms with Gasteiger partial charge in [0.1, 0.15) is 5.69 Å². The quantitative estimate of drug-likeness (QED) is 0.800. The van der Waals surface area contributed by atoms with Gasteiger partial charge in [-0.1, -0.05) is 24.3 Å². The lowest BCUT2D eigenvalue weighted by Crippen LogP contribution is -2.44. The fourth-order valence-corrected chi connectivity index (χ4v) is 3.10. The highest BCUT2D eigenvalue weighted by molar-refractivity contribution is 6.06. The van der Waals surface area contributed by atoms with Crippen LogP contribution in [0.1, 0.15) is 35.3 Å². The van der Waals surface area contributed by atoms with E-state index in [9.17, 15) is 9.59 Å². The van der Waals surface area contributed by atoms with Crippen molar-refractivity contribution in [3.63, 3.8) is 0 Å². The zero-order chi connectivity index (χ0) is 16.4. The summed E-state index contributed by atoms with van der Waals surface area (Å²) in [5, 5.41) is 0. The van der Waals surface area contributed by atoms with Crippen LogP contribution in [0.5, 0.6) is 0 Å². The number of benzene rings is 1. The molecule has 0 saturated carbocycles. The van der Waals surface area contributed by atoms with E-state index in [0.717, 1.165) is 11.3 Å². The van der Waals surface area contributed by atoms with Gasteiger partial charge in [-0.15, -0.1) is 0 Å². The molecular weight excluding hydrogens is 292 g/mol. The molecule has 1 aromatic carbocycles. The Hall–Kier alpha value is -2.69. The third-order valence-corrected chi connectivity index (χ3v) is 4.18. The second kappa shape index (κ2) is 6.20. The maximum absolute atomic E-state index is 12.9. The topological polar surface area (TPSA) is 59.5 Å². The minimum Gasteiger partial charge on any atom is -0.469 e. The average molecular weight is 310 g/mol. The Morgan fingerprint density at radius 1 is 1.17 bits per heavy atom. The highest BCUT2D eigenvalue weighted by Crippen LogP contribution is 2.39. The molecule has 2 aromatic rings. The van der Waals surface area contributed by atoms with E-state index in [4.69, 9.17) is 4.74 Å². The molecule has 0 aliphatic carbocycles. The molecule has 23 heavy (non-hydrogen) atoms. The number of ether oxygens (including phenoxy) is 1. The fraction of sp³-hybridized carbons (Fsp3) is 0.278. The highest BCUT2D eigenvalue weighted by Gasteiger charge is 2.37. The van der Waals surface area contributed by atoms with Gasteiger partial charge in [0.25, 0.3) is 5.91 Å². The number of fused-ring (bicyclic) bond motifs is 1. The van der Waals surface area contributed by atoms with Crippen LogP contribution in [0, 0.1) is 0 Å². The molecule has 0 spiro atoms. The van der Waals surface area contributed by atoms with E-state index in [0.29, 0.717) is 12.1 Å². The van der Waals surface area contributed by atoms with Crippen LogP contribution in [-0.4, -0.2) is 30.0 Å². The molecule has 5 nitrogen and oxygen atoms in total. The lowest BCUT2D eigenvalue weighted by atomic mass is 9.86. The van der Waals surface area contributed by atoms with Crippen LogP contribution >= 0.6 is 0 Å². The molecule has 2 atom stereocenters. The van der Waals surface area contributed by atoms with Crippen LogP contribution in [0.4, 0.5) is 5.69 Å². The molecule has 1 aliphatic heterocycles. The smallest absolute Gasteiger partial charge is 0.313 e. The molecule has 0 fully saturated rings. The van der Waals surface area contributed by atoms with Crippen LogP contribution in [0.15, 0.2) is 48.7 Å². The first kappa shape index (κ1) is 15.2. The Morgan fingerprint density at radius 2 is 1.91 bits per heavy atom. The summed E-state index contributed by atoms with van der Waals surface area (Å²) in [6, 6.07) is 12.6. The van der Waals surface area contributed by atoms with Crippen LogP contribution < -0.4 is 4.90 Å². The SMILES string of the molecule is COC(=O)C1CC(C)N(C(=O)c2ccccn2)c2ccccc21. The van der Waals surface area contributed by atoms with Crippen molar-refractivity contribution < 1.29 is 14.3 Å². The Balaban J connectivity index is 2.05. The third kappa shape index (κ3) is 2.70. The number of pyridine rings is 1. The molecule has 2 heterocycles. The van der Waals surface area contributed by atoms with Crippen LogP contribution in [-0.2, 0) is 9.53 Å². The number of aromatic nitrogens is 1. The van der Waals surface area contributed by atoms with E-state index < -0.39 is 0 Å². The summed E-state index contributed by atoms with van der Waals surface area (Å²) < 4.78 is 4.92. The van der Waals surface area contributed by atoms with E-state index in [1.807, 2.05) is 31.2 Å². The van der Waals surface area contributed by atoms with Gasteiger partial charge in [-0.3, -0.25) is 14.6 Å². The average Bonchev–Trinajstić information content (AvgIpc) is 2.60. The van der Waals surface area contributed by atoms with Crippen molar-refractivity contribution >= 4 is 17.6 Å². The normalized spacial score (nSPS) is 19.8. The molecule has 5 heteroatoms. The fourth-order valence-electron chi connectivity index (χ4n) is 3.10.